The normalized spacial score (nSPS) is 15.8. The van der Waals surface area contributed by atoms with Gasteiger partial charge >= 0.3 is 6.61 Å². The van der Waals surface area contributed by atoms with Gasteiger partial charge in [0.25, 0.3) is 0 Å². The van der Waals surface area contributed by atoms with Crippen molar-refractivity contribution in [3.8, 4) is 11.5 Å². The molecule has 0 radical (unpaired) electrons. The first-order chi connectivity index (χ1) is 15.0. The third-order valence-electron chi connectivity index (χ3n) is 3.93. The molecular formula is C20H22F2N2O2. The summed E-state index contributed by atoms with van der Waals surface area (Å²) in [5, 5.41) is 0.663. The van der Waals surface area contributed by atoms with Crippen molar-refractivity contribution < 1.29 is 26.5 Å². The smallest absolute Gasteiger partial charge is 0.387 e. The van der Waals surface area contributed by atoms with Crippen LogP contribution < -0.4 is 9.47 Å². The number of aromatic nitrogens is 1. The standard InChI is InChI=1S/C20H22F2N2O2/c1-24(2)11-10-14-12-23-16-7-5-9-18(19(14)16)25-13-15-6-3-4-8-17(15)26-20(21)22/h3-9,12,20,23H,10-11,13H2,1-2H3/i1D3,2D3. The Morgan fingerprint density at radius 3 is 2.69 bits per heavy atom. The first-order valence-electron chi connectivity index (χ1n) is 11.0. The summed E-state index contributed by atoms with van der Waals surface area (Å²) in [7, 11) is 0. The lowest BCUT2D eigenvalue weighted by Crippen LogP contribution is -2.14. The number of alkyl halides is 2. The number of hydrogen-bond acceptors (Lipinski definition) is 3. The van der Waals surface area contributed by atoms with Crippen LogP contribution in [0, 0.1) is 0 Å². The predicted octanol–water partition coefficient (Wildman–Crippen LogP) is 4.45. The summed E-state index contributed by atoms with van der Waals surface area (Å²) in [4.78, 5) is 3.56. The highest BCUT2D eigenvalue weighted by molar-refractivity contribution is 5.89. The summed E-state index contributed by atoms with van der Waals surface area (Å²) in [6, 6.07) is 11.5. The van der Waals surface area contributed by atoms with E-state index in [9.17, 15) is 8.78 Å². The zero-order chi connectivity index (χ0) is 23.5. The van der Waals surface area contributed by atoms with Gasteiger partial charge in [0.2, 0.25) is 0 Å². The molecule has 1 aromatic heterocycles. The molecule has 1 N–H and O–H groups in total. The molecule has 0 fully saturated rings. The Morgan fingerprint density at radius 2 is 1.88 bits per heavy atom. The van der Waals surface area contributed by atoms with E-state index in [1.54, 1.807) is 42.6 Å². The van der Waals surface area contributed by atoms with Crippen LogP contribution in [0.15, 0.2) is 48.7 Å². The number of fused-ring (bicyclic) bond motifs is 1. The maximum absolute atomic E-state index is 12.6. The number of benzene rings is 2. The summed E-state index contributed by atoms with van der Waals surface area (Å²) in [5.74, 6) is 0.454. The van der Waals surface area contributed by atoms with Crippen LogP contribution in [0.3, 0.4) is 0 Å². The van der Waals surface area contributed by atoms with Crippen LogP contribution in [0.4, 0.5) is 8.78 Å². The Hall–Kier alpha value is -2.60. The molecule has 4 nitrogen and oxygen atoms in total. The maximum atomic E-state index is 12.6. The molecule has 0 spiro atoms. The van der Waals surface area contributed by atoms with Crippen molar-refractivity contribution >= 4 is 10.9 Å². The van der Waals surface area contributed by atoms with E-state index in [4.69, 9.17) is 13.0 Å². The number of hydrogen-bond donors (Lipinski definition) is 1. The van der Waals surface area contributed by atoms with Crippen LogP contribution in [0.2, 0.25) is 0 Å². The predicted molar refractivity (Wildman–Crippen MR) is 98.0 cm³/mol. The van der Waals surface area contributed by atoms with Gasteiger partial charge in [-0.3, -0.25) is 0 Å². The third kappa shape index (κ3) is 4.32. The fourth-order valence-corrected chi connectivity index (χ4v) is 2.76. The van der Waals surface area contributed by atoms with Crippen LogP contribution in [0.5, 0.6) is 11.5 Å². The van der Waals surface area contributed by atoms with Crippen LogP contribution in [0.1, 0.15) is 19.4 Å². The summed E-state index contributed by atoms with van der Waals surface area (Å²) in [6.45, 7) is -8.77. The summed E-state index contributed by atoms with van der Waals surface area (Å²) < 4.78 is 80.8. The highest BCUT2D eigenvalue weighted by Gasteiger charge is 2.13. The second-order valence-corrected chi connectivity index (χ2v) is 5.67. The summed E-state index contributed by atoms with van der Waals surface area (Å²) in [5.41, 5.74) is 1.81. The Labute approximate surface area is 159 Å². The molecule has 26 heavy (non-hydrogen) atoms. The Balaban J connectivity index is 1.83. The zero-order valence-corrected chi connectivity index (χ0v) is 13.8. The second-order valence-electron chi connectivity index (χ2n) is 5.67. The molecule has 0 atom stereocenters. The average Bonchev–Trinajstić information content (AvgIpc) is 3.09. The second kappa shape index (κ2) is 8.19. The van der Waals surface area contributed by atoms with Gasteiger partial charge in [0.1, 0.15) is 18.1 Å². The van der Waals surface area contributed by atoms with Crippen molar-refractivity contribution in [2.75, 3.05) is 20.5 Å². The Morgan fingerprint density at radius 1 is 1.08 bits per heavy atom. The van der Waals surface area contributed by atoms with Gasteiger partial charge in [-0.15, -0.1) is 0 Å². The minimum absolute atomic E-state index is 0.00923. The number of ether oxygens (including phenoxy) is 2. The molecule has 0 amide bonds. The van der Waals surface area contributed by atoms with Gasteiger partial charge in [-0.25, -0.2) is 0 Å². The summed E-state index contributed by atoms with van der Waals surface area (Å²) in [6.07, 6.45) is 1.81. The molecule has 1 heterocycles. The lowest BCUT2D eigenvalue weighted by atomic mass is 10.1. The van der Waals surface area contributed by atoms with Gasteiger partial charge in [-0.05, 0) is 44.1 Å². The molecule has 0 saturated carbocycles. The van der Waals surface area contributed by atoms with Crippen LogP contribution >= 0.6 is 0 Å². The van der Waals surface area contributed by atoms with E-state index < -0.39 is 20.6 Å². The quantitative estimate of drug-likeness (QED) is 0.640. The number of para-hydroxylation sites is 1. The lowest BCUT2D eigenvalue weighted by molar-refractivity contribution is -0.0508. The van der Waals surface area contributed by atoms with Crippen molar-refractivity contribution in [2.24, 2.45) is 0 Å². The number of rotatable bonds is 8. The fraction of sp³-hybridized carbons (Fsp3) is 0.300. The van der Waals surface area contributed by atoms with Gasteiger partial charge in [0.05, 0.1) is 0 Å². The van der Waals surface area contributed by atoms with Gasteiger partial charge in [-0.1, -0.05) is 24.3 Å². The monoisotopic (exact) mass is 366 g/mol. The van der Waals surface area contributed by atoms with Crippen molar-refractivity contribution in [1.29, 1.82) is 0 Å². The third-order valence-corrected chi connectivity index (χ3v) is 3.93. The molecular weight excluding hydrogens is 338 g/mol. The highest BCUT2D eigenvalue weighted by Crippen LogP contribution is 2.31. The lowest BCUT2D eigenvalue weighted by Gasteiger charge is -2.13. The number of nitrogens with one attached hydrogen (secondary N) is 1. The highest BCUT2D eigenvalue weighted by atomic mass is 19.3. The number of halogens is 2. The van der Waals surface area contributed by atoms with Crippen molar-refractivity contribution in [3.63, 3.8) is 0 Å². The molecule has 3 aromatic rings. The van der Waals surface area contributed by atoms with Crippen LogP contribution in [-0.2, 0) is 13.0 Å². The molecule has 0 unspecified atom stereocenters. The first kappa shape index (κ1) is 11.9. The van der Waals surface area contributed by atoms with Gasteiger partial charge in [0.15, 0.2) is 0 Å². The van der Waals surface area contributed by atoms with E-state index in [0.29, 0.717) is 32.7 Å². The van der Waals surface area contributed by atoms with E-state index in [1.807, 2.05) is 0 Å². The molecule has 0 bridgehead atoms. The summed E-state index contributed by atoms with van der Waals surface area (Å²) >= 11 is 0. The topological polar surface area (TPSA) is 37.5 Å². The van der Waals surface area contributed by atoms with Crippen molar-refractivity contribution in [2.45, 2.75) is 19.6 Å². The van der Waals surface area contributed by atoms with E-state index in [0.717, 1.165) is 0 Å². The van der Waals surface area contributed by atoms with E-state index in [-0.39, 0.29) is 25.3 Å². The molecule has 0 saturated heterocycles. The maximum Gasteiger partial charge on any atom is 0.387 e. The minimum atomic E-state index is -2.96. The fourth-order valence-electron chi connectivity index (χ4n) is 2.76. The van der Waals surface area contributed by atoms with E-state index >= 15 is 0 Å². The molecule has 0 aliphatic heterocycles. The van der Waals surface area contributed by atoms with Gasteiger partial charge in [0, 0.05) is 37.4 Å². The number of likely N-dealkylation sites (N-methyl/N-ethyl adjacent to an activating group) is 1. The molecule has 2 aromatic carbocycles. The Kier molecular flexibility index (Phi) is 3.75. The molecule has 6 heteroatoms. The largest absolute Gasteiger partial charge is 0.488 e. The van der Waals surface area contributed by atoms with Gasteiger partial charge in [-0.2, -0.15) is 8.78 Å². The Bertz CT molecular complexity index is 1040. The molecule has 0 aliphatic carbocycles. The van der Waals surface area contributed by atoms with Crippen LogP contribution in [0.25, 0.3) is 10.9 Å². The zero-order valence-electron chi connectivity index (χ0n) is 19.8. The van der Waals surface area contributed by atoms with Crippen molar-refractivity contribution in [1.82, 2.24) is 9.88 Å². The number of aromatic amines is 1. The molecule has 0 aliphatic rings. The SMILES string of the molecule is [2H]C([2H])([2H])N(CCc1c[nH]c2cccc(OCc3ccccc3OC(F)F)c12)C([2H])([2H])[2H]. The van der Waals surface area contributed by atoms with Crippen LogP contribution in [-0.4, -0.2) is 37.0 Å². The van der Waals surface area contributed by atoms with Crippen molar-refractivity contribution in [3.05, 3.63) is 59.8 Å². The number of nitrogens with zero attached hydrogens (tertiary/aromatic N) is 1. The minimum Gasteiger partial charge on any atom is -0.488 e. The average molecular weight is 366 g/mol. The first-order valence-corrected chi connectivity index (χ1v) is 7.99. The van der Waals surface area contributed by atoms with E-state index in [1.165, 1.54) is 6.07 Å². The van der Waals surface area contributed by atoms with Gasteiger partial charge < -0.3 is 19.4 Å². The molecule has 3 rings (SSSR count). The molecule has 138 valence electrons. The van der Waals surface area contributed by atoms with E-state index in [2.05, 4.69) is 9.72 Å². The number of H-pyrrole nitrogens is 1.